The topological polar surface area (TPSA) is 42.0 Å². The van der Waals surface area contributed by atoms with Crippen molar-refractivity contribution in [3.05, 3.63) is 24.5 Å². The fourth-order valence-corrected chi connectivity index (χ4v) is 1.85. The number of amides is 1. The number of hydrogen-bond donors (Lipinski definition) is 1. The van der Waals surface area contributed by atoms with E-state index in [0.29, 0.717) is 5.92 Å². The molecule has 88 valence electrons. The summed E-state index contributed by atoms with van der Waals surface area (Å²) in [5.41, 5.74) is 0.411. The number of rotatable bonds is 4. The third kappa shape index (κ3) is 3.65. The predicted octanol–water partition coefficient (Wildman–Crippen LogP) is 3.09. The van der Waals surface area contributed by atoms with Crippen molar-refractivity contribution < 1.29 is 4.79 Å². The number of nitrogens with one attached hydrogen (secondary N) is 1. The molecule has 0 aromatic carbocycles. The van der Waals surface area contributed by atoms with Crippen molar-refractivity contribution in [3.8, 4) is 0 Å². The minimum Gasteiger partial charge on any atom is -0.324 e. The molecule has 0 saturated heterocycles. The fraction of sp³-hybridized carbons (Fsp3) is 0.538. The zero-order valence-electron chi connectivity index (χ0n) is 10.4. The van der Waals surface area contributed by atoms with Gasteiger partial charge in [0.15, 0.2) is 0 Å². The van der Waals surface area contributed by atoms with Crippen LogP contribution in [0.1, 0.15) is 34.1 Å². The van der Waals surface area contributed by atoms with Gasteiger partial charge in [0.1, 0.15) is 0 Å². The number of pyridine rings is 1. The molecule has 0 unspecified atom stereocenters. The van der Waals surface area contributed by atoms with Gasteiger partial charge in [-0.2, -0.15) is 0 Å². The first-order valence-electron chi connectivity index (χ1n) is 5.63. The van der Waals surface area contributed by atoms with Crippen molar-refractivity contribution >= 4 is 11.6 Å². The van der Waals surface area contributed by atoms with Gasteiger partial charge in [0.05, 0.1) is 11.9 Å². The second kappa shape index (κ2) is 5.10. The summed E-state index contributed by atoms with van der Waals surface area (Å²) >= 11 is 0. The highest BCUT2D eigenvalue weighted by atomic mass is 16.2. The van der Waals surface area contributed by atoms with Crippen molar-refractivity contribution in [3.63, 3.8) is 0 Å². The minimum absolute atomic E-state index is 0.0502. The quantitative estimate of drug-likeness (QED) is 0.847. The van der Waals surface area contributed by atoms with Crippen LogP contribution in [-0.4, -0.2) is 10.9 Å². The minimum atomic E-state index is -0.343. The Morgan fingerprint density at radius 2 is 2.19 bits per heavy atom. The standard InChI is InChI=1S/C13H20N2O/c1-10(2)8-13(3,4)12(16)15-11-6-5-7-14-9-11/h5-7,9-10H,8H2,1-4H3,(H,15,16). The monoisotopic (exact) mass is 220 g/mol. The van der Waals surface area contributed by atoms with Crippen LogP contribution in [0.15, 0.2) is 24.5 Å². The van der Waals surface area contributed by atoms with Crippen LogP contribution in [0.2, 0.25) is 0 Å². The lowest BCUT2D eigenvalue weighted by atomic mass is 9.83. The average Bonchev–Trinajstić information content (AvgIpc) is 2.17. The molecule has 0 atom stereocenters. The van der Waals surface area contributed by atoms with Crippen LogP contribution in [-0.2, 0) is 4.79 Å². The Morgan fingerprint density at radius 1 is 1.50 bits per heavy atom. The van der Waals surface area contributed by atoms with Gasteiger partial charge >= 0.3 is 0 Å². The second-order valence-corrected chi connectivity index (χ2v) is 5.18. The van der Waals surface area contributed by atoms with E-state index in [1.165, 1.54) is 0 Å². The molecule has 1 amide bonds. The van der Waals surface area contributed by atoms with E-state index < -0.39 is 0 Å². The van der Waals surface area contributed by atoms with Gasteiger partial charge in [0, 0.05) is 11.6 Å². The Hall–Kier alpha value is -1.38. The molecule has 0 radical (unpaired) electrons. The molecule has 0 aliphatic rings. The summed E-state index contributed by atoms with van der Waals surface area (Å²) in [5, 5.41) is 2.89. The van der Waals surface area contributed by atoms with Gasteiger partial charge in [-0.3, -0.25) is 9.78 Å². The van der Waals surface area contributed by atoms with Crippen LogP contribution in [0, 0.1) is 11.3 Å². The smallest absolute Gasteiger partial charge is 0.230 e. The summed E-state index contributed by atoms with van der Waals surface area (Å²) < 4.78 is 0. The molecule has 0 aliphatic carbocycles. The molecule has 0 spiro atoms. The first-order valence-corrected chi connectivity index (χ1v) is 5.63. The van der Waals surface area contributed by atoms with Crippen molar-refractivity contribution in [1.29, 1.82) is 0 Å². The Labute approximate surface area is 97.3 Å². The van der Waals surface area contributed by atoms with Gasteiger partial charge in [0.25, 0.3) is 0 Å². The third-order valence-electron chi connectivity index (χ3n) is 2.45. The van der Waals surface area contributed by atoms with Crippen molar-refractivity contribution in [2.45, 2.75) is 34.1 Å². The largest absolute Gasteiger partial charge is 0.324 e. The maximum absolute atomic E-state index is 12.0. The van der Waals surface area contributed by atoms with Gasteiger partial charge in [-0.1, -0.05) is 27.7 Å². The van der Waals surface area contributed by atoms with Crippen LogP contribution < -0.4 is 5.32 Å². The van der Waals surface area contributed by atoms with E-state index in [-0.39, 0.29) is 11.3 Å². The highest BCUT2D eigenvalue weighted by Gasteiger charge is 2.28. The molecule has 0 aliphatic heterocycles. The lowest BCUT2D eigenvalue weighted by Crippen LogP contribution is -2.32. The molecule has 3 heteroatoms. The molecule has 3 nitrogen and oxygen atoms in total. The van der Waals surface area contributed by atoms with Crippen LogP contribution in [0.3, 0.4) is 0 Å². The van der Waals surface area contributed by atoms with Crippen LogP contribution in [0.4, 0.5) is 5.69 Å². The first kappa shape index (κ1) is 12.7. The van der Waals surface area contributed by atoms with E-state index in [9.17, 15) is 4.79 Å². The molecular formula is C13H20N2O. The van der Waals surface area contributed by atoms with Gasteiger partial charge in [-0.15, -0.1) is 0 Å². The van der Waals surface area contributed by atoms with E-state index in [1.54, 1.807) is 12.4 Å². The highest BCUT2D eigenvalue weighted by molar-refractivity contribution is 5.94. The maximum atomic E-state index is 12.0. The van der Waals surface area contributed by atoms with Gasteiger partial charge in [-0.05, 0) is 24.5 Å². The highest BCUT2D eigenvalue weighted by Crippen LogP contribution is 2.26. The zero-order valence-corrected chi connectivity index (χ0v) is 10.4. The van der Waals surface area contributed by atoms with E-state index in [2.05, 4.69) is 24.1 Å². The molecule has 1 rings (SSSR count). The summed E-state index contributed by atoms with van der Waals surface area (Å²) in [7, 11) is 0. The molecular weight excluding hydrogens is 200 g/mol. The lowest BCUT2D eigenvalue weighted by molar-refractivity contribution is -0.124. The molecule has 0 saturated carbocycles. The van der Waals surface area contributed by atoms with E-state index in [0.717, 1.165) is 12.1 Å². The summed E-state index contributed by atoms with van der Waals surface area (Å²) in [5.74, 6) is 0.559. The van der Waals surface area contributed by atoms with Crippen LogP contribution in [0.25, 0.3) is 0 Å². The van der Waals surface area contributed by atoms with Crippen LogP contribution in [0.5, 0.6) is 0 Å². The van der Waals surface area contributed by atoms with Gasteiger partial charge < -0.3 is 5.32 Å². The maximum Gasteiger partial charge on any atom is 0.230 e. The van der Waals surface area contributed by atoms with Gasteiger partial charge in [-0.25, -0.2) is 0 Å². The van der Waals surface area contributed by atoms with Crippen LogP contribution >= 0.6 is 0 Å². The molecule has 0 bridgehead atoms. The van der Waals surface area contributed by atoms with Gasteiger partial charge in [0.2, 0.25) is 5.91 Å². The molecule has 16 heavy (non-hydrogen) atoms. The Morgan fingerprint density at radius 3 is 2.69 bits per heavy atom. The van der Waals surface area contributed by atoms with E-state index >= 15 is 0 Å². The van der Waals surface area contributed by atoms with E-state index in [1.807, 2.05) is 26.0 Å². The number of nitrogens with zero attached hydrogens (tertiary/aromatic N) is 1. The second-order valence-electron chi connectivity index (χ2n) is 5.18. The first-order chi connectivity index (χ1) is 7.42. The number of aromatic nitrogens is 1. The molecule has 0 fully saturated rings. The summed E-state index contributed by atoms with van der Waals surface area (Å²) in [6.45, 7) is 8.19. The molecule has 1 N–H and O–H groups in total. The normalized spacial score (nSPS) is 11.6. The predicted molar refractivity (Wildman–Crippen MR) is 66.1 cm³/mol. The number of carbonyl (C=O) groups excluding carboxylic acids is 1. The molecule has 1 aromatic rings. The van der Waals surface area contributed by atoms with Crippen molar-refractivity contribution in [2.75, 3.05) is 5.32 Å². The number of anilines is 1. The summed E-state index contributed by atoms with van der Waals surface area (Å²) in [6, 6.07) is 3.65. The Kier molecular flexibility index (Phi) is 4.05. The van der Waals surface area contributed by atoms with E-state index in [4.69, 9.17) is 0 Å². The Balaban J connectivity index is 2.65. The number of carbonyl (C=O) groups is 1. The zero-order chi connectivity index (χ0) is 12.2. The fourth-order valence-electron chi connectivity index (χ4n) is 1.85. The molecule has 1 aromatic heterocycles. The van der Waals surface area contributed by atoms with Crippen molar-refractivity contribution in [2.24, 2.45) is 11.3 Å². The summed E-state index contributed by atoms with van der Waals surface area (Å²) in [6.07, 6.45) is 4.22. The third-order valence-corrected chi connectivity index (χ3v) is 2.45. The summed E-state index contributed by atoms with van der Waals surface area (Å²) in [4.78, 5) is 16.0. The Bertz CT molecular complexity index is 344. The lowest BCUT2D eigenvalue weighted by Gasteiger charge is -2.25. The molecule has 1 heterocycles. The number of hydrogen-bond acceptors (Lipinski definition) is 2. The average molecular weight is 220 g/mol. The van der Waals surface area contributed by atoms with Crippen molar-refractivity contribution in [1.82, 2.24) is 4.98 Å². The SMILES string of the molecule is CC(C)CC(C)(C)C(=O)Nc1cccnc1.